The van der Waals surface area contributed by atoms with Gasteiger partial charge in [-0.05, 0) is 85.3 Å². The maximum absolute atomic E-state index is 12.5. The number of unbranched alkanes of at least 4 members (excludes halogenated alkanes) is 3. The number of ether oxygens (including phenoxy) is 4. The summed E-state index contributed by atoms with van der Waals surface area (Å²) in [6.07, 6.45) is -1.20. The molecule has 0 heterocycles. The van der Waals surface area contributed by atoms with E-state index in [4.69, 9.17) is 14.2 Å². The number of carbonyl (C=O) groups excluding carboxylic acids is 3. The van der Waals surface area contributed by atoms with E-state index in [0.29, 0.717) is 48.7 Å². The molecule has 0 saturated heterocycles. The van der Waals surface area contributed by atoms with E-state index in [1.165, 1.54) is 0 Å². The van der Waals surface area contributed by atoms with Gasteiger partial charge in [0, 0.05) is 6.08 Å². The topological polar surface area (TPSA) is 88.1 Å². The molecule has 0 bridgehead atoms. The maximum atomic E-state index is 12.5. The molecule has 0 aliphatic heterocycles. The monoisotopic (exact) mass is 582 g/mol. The van der Waals surface area contributed by atoms with Crippen LogP contribution in [0.3, 0.4) is 0 Å². The van der Waals surface area contributed by atoms with E-state index in [2.05, 4.69) is 17.9 Å². The summed E-state index contributed by atoms with van der Waals surface area (Å²) in [5.74, 6) is -1.17. The Morgan fingerprint density at radius 3 is 1.71 bits per heavy atom. The molecule has 3 aromatic rings. The van der Waals surface area contributed by atoms with Crippen LogP contribution >= 0.6 is 0 Å². The van der Waals surface area contributed by atoms with Gasteiger partial charge in [0.25, 0.3) is 0 Å². The number of alkyl halides is 3. The maximum Gasteiger partial charge on any atom is 0.422 e. The van der Waals surface area contributed by atoms with Crippen LogP contribution < -0.4 is 14.2 Å². The average Bonchev–Trinajstić information content (AvgIpc) is 2.98. The van der Waals surface area contributed by atoms with Gasteiger partial charge in [-0.1, -0.05) is 37.4 Å². The molecule has 0 amide bonds. The van der Waals surface area contributed by atoms with Crippen LogP contribution in [0.25, 0.3) is 11.1 Å². The Balaban J connectivity index is 1.36. The number of benzene rings is 3. The van der Waals surface area contributed by atoms with Crippen molar-refractivity contribution < 1.29 is 46.5 Å². The van der Waals surface area contributed by atoms with E-state index in [0.717, 1.165) is 23.6 Å². The molecular weight excluding hydrogens is 553 g/mol. The lowest BCUT2D eigenvalue weighted by molar-refractivity contribution is -0.150. The molecule has 0 spiro atoms. The number of hydrogen-bond acceptors (Lipinski definition) is 7. The van der Waals surface area contributed by atoms with Crippen molar-refractivity contribution in [2.45, 2.75) is 31.9 Å². The number of halogens is 3. The molecule has 0 aliphatic carbocycles. The van der Waals surface area contributed by atoms with E-state index in [1.807, 2.05) is 12.1 Å². The summed E-state index contributed by atoms with van der Waals surface area (Å²) in [5.41, 5.74) is 0.603. The highest BCUT2D eigenvalue weighted by Gasteiger charge is 2.37. The molecule has 3 aromatic carbocycles. The first-order chi connectivity index (χ1) is 20.1. The molecule has 0 saturated carbocycles. The molecule has 0 aliphatic rings. The zero-order valence-electron chi connectivity index (χ0n) is 22.7. The van der Waals surface area contributed by atoms with Gasteiger partial charge in [-0.15, -0.1) is 0 Å². The van der Waals surface area contributed by atoms with Crippen molar-refractivity contribution in [3.05, 3.63) is 103 Å². The minimum Gasteiger partial charge on any atom is -0.494 e. The summed E-state index contributed by atoms with van der Waals surface area (Å²) in [6.45, 7) is 6.35. The first-order valence-electron chi connectivity index (χ1n) is 13.0. The second kappa shape index (κ2) is 15.2. The highest BCUT2D eigenvalue weighted by atomic mass is 19.4. The minimum absolute atomic E-state index is 0.110. The fraction of sp³-hybridized carbons (Fsp3) is 0.219. The Bertz CT molecular complexity index is 1380. The third kappa shape index (κ3) is 9.96. The van der Waals surface area contributed by atoms with Crippen LogP contribution in [0.1, 0.15) is 36.0 Å². The van der Waals surface area contributed by atoms with Crippen LogP contribution in [0.5, 0.6) is 17.2 Å². The van der Waals surface area contributed by atoms with E-state index >= 15 is 0 Å². The number of hydrogen-bond donors (Lipinski definition) is 0. The average molecular weight is 583 g/mol. The summed E-state index contributed by atoms with van der Waals surface area (Å²) >= 11 is 0. The summed E-state index contributed by atoms with van der Waals surface area (Å²) in [4.78, 5) is 35.1. The lowest BCUT2D eigenvalue weighted by Gasteiger charge is -2.10. The molecule has 42 heavy (non-hydrogen) atoms. The van der Waals surface area contributed by atoms with Crippen LogP contribution in [-0.2, 0) is 14.3 Å². The Labute approximate surface area is 241 Å². The number of esters is 3. The predicted octanol–water partition coefficient (Wildman–Crippen LogP) is 7.27. The first-order valence-corrected chi connectivity index (χ1v) is 13.0. The Hall–Kier alpha value is -4.86. The lowest BCUT2D eigenvalue weighted by Crippen LogP contribution is -2.21. The van der Waals surface area contributed by atoms with Crippen LogP contribution in [0.15, 0.2) is 97.6 Å². The zero-order valence-corrected chi connectivity index (χ0v) is 22.7. The SMILES string of the molecule is C=CC(=O)Oc1ccc(-c2ccc(OC(=O)c3ccc(OCCCCCCOC(=O)C(=C)C(F)(F)F)cc3)cc2)cc1. The highest BCUT2D eigenvalue weighted by Crippen LogP contribution is 2.26. The highest BCUT2D eigenvalue weighted by molar-refractivity contribution is 5.91. The Morgan fingerprint density at radius 2 is 1.19 bits per heavy atom. The number of rotatable bonds is 14. The van der Waals surface area contributed by atoms with Gasteiger partial charge in [0.2, 0.25) is 0 Å². The lowest BCUT2D eigenvalue weighted by atomic mass is 10.1. The first kappa shape index (κ1) is 31.7. The summed E-state index contributed by atoms with van der Waals surface area (Å²) in [6, 6.07) is 20.4. The molecule has 0 atom stereocenters. The van der Waals surface area contributed by atoms with Crippen molar-refractivity contribution in [2.24, 2.45) is 0 Å². The molecule has 0 aromatic heterocycles. The normalized spacial score (nSPS) is 10.8. The fourth-order valence-electron chi connectivity index (χ4n) is 3.56. The molecule has 3 rings (SSSR count). The third-order valence-electron chi connectivity index (χ3n) is 5.86. The van der Waals surface area contributed by atoms with Crippen molar-refractivity contribution in [1.29, 1.82) is 0 Å². The Kier molecular flexibility index (Phi) is 11.5. The summed E-state index contributed by atoms with van der Waals surface area (Å²) in [5, 5.41) is 0. The van der Waals surface area contributed by atoms with Gasteiger partial charge >= 0.3 is 24.1 Å². The molecule has 220 valence electrons. The smallest absolute Gasteiger partial charge is 0.422 e. The third-order valence-corrected chi connectivity index (χ3v) is 5.86. The molecular formula is C32H29F3O7. The van der Waals surface area contributed by atoms with Crippen molar-refractivity contribution in [1.82, 2.24) is 0 Å². The minimum atomic E-state index is -4.79. The van der Waals surface area contributed by atoms with Crippen molar-refractivity contribution in [3.8, 4) is 28.4 Å². The van der Waals surface area contributed by atoms with Crippen LogP contribution in [0.4, 0.5) is 13.2 Å². The van der Waals surface area contributed by atoms with E-state index in [1.54, 1.807) is 60.7 Å². The van der Waals surface area contributed by atoms with Gasteiger partial charge in [-0.3, -0.25) is 0 Å². The standard InChI is InChI=1S/C32H29F3O7/c1-3-29(36)41-27-16-8-23(9-17-27)24-10-18-28(19-11-24)42-31(38)25-12-14-26(15-13-25)39-20-6-4-5-7-21-40-30(37)22(2)32(33,34)35/h3,8-19H,1-2,4-7,20-21H2. The molecule has 0 unspecified atom stereocenters. The largest absolute Gasteiger partial charge is 0.494 e. The molecule has 0 fully saturated rings. The van der Waals surface area contributed by atoms with E-state index < -0.39 is 29.7 Å². The van der Waals surface area contributed by atoms with E-state index in [-0.39, 0.29) is 6.61 Å². The molecule has 0 N–H and O–H groups in total. The number of carbonyl (C=O) groups is 3. The fourth-order valence-corrected chi connectivity index (χ4v) is 3.56. The van der Waals surface area contributed by atoms with Gasteiger partial charge in [0.15, 0.2) is 0 Å². The molecule has 10 heteroatoms. The second-order valence-electron chi connectivity index (χ2n) is 8.96. The Morgan fingerprint density at radius 1 is 0.690 bits per heavy atom. The zero-order chi connectivity index (χ0) is 30.5. The van der Waals surface area contributed by atoms with Crippen LogP contribution in [-0.4, -0.2) is 37.3 Å². The van der Waals surface area contributed by atoms with E-state index in [9.17, 15) is 27.6 Å². The van der Waals surface area contributed by atoms with Crippen LogP contribution in [0, 0.1) is 0 Å². The van der Waals surface area contributed by atoms with Gasteiger partial charge in [0.1, 0.15) is 22.8 Å². The van der Waals surface area contributed by atoms with Crippen molar-refractivity contribution in [3.63, 3.8) is 0 Å². The predicted molar refractivity (Wildman–Crippen MR) is 149 cm³/mol. The molecule has 0 radical (unpaired) electrons. The van der Waals surface area contributed by atoms with Crippen LogP contribution in [0.2, 0.25) is 0 Å². The van der Waals surface area contributed by atoms with Gasteiger partial charge < -0.3 is 18.9 Å². The van der Waals surface area contributed by atoms with Gasteiger partial charge in [-0.25, -0.2) is 14.4 Å². The van der Waals surface area contributed by atoms with Gasteiger partial charge in [0.05, 0.1) is 18.8 Å². The quantitative estimate of drug-likeness (QED) is 0.0855. The summed E-state index contributed by atoms with van der Waals surface area (Å²) < 4.78 is 57.8. The molecule has 7 nitrogen and oxygen atoms in total. The van der Waals surface area contributed by atoms with Crippen molar-refractivity contribution in [2.75, 3.05) is 13.2 Å². The summed E-state index contributed by atoms with van der Waals surface area (Å²) in [7, 11) is 0. The van der Waals surface area contributed by atoms with Gasteiger partial charge in [-0.2, -0.15) is 13.2 Å². The van der Waals surface area contributed by atoms with Crippen molar-refractivity contribution >= 4 is 17.9 Å². The second-order valence-corrected chi connectivity index (χ2v) is 8.96.